The Morgan fingerprint density at radius 3 is 2.50 bits per heavy atom. The van der Waals surface area contributed by atoms with E-state index >= 15 is 0 Å². The van der Waals surface area contributed by atoms with Crippen LogP contribution in [0.5, 0.6) is 0 Å². The second-order valence-corrected chi connectivity index (χ2v) is 6.95. The minimum Gasteiger partial charge on any atom is -0.357 e. The SMILES string of the molecule is CCNC(=NCC(=O)NC(C)(C)C)NCCc1cccc(C(=O)NC)c1. The third-order valence-corrected chi connectivity index (χ3v) is 3.36. The molecule has 0 fully saturated rings. The number of amides is 2. The summed E-state index contributed by atoms with van der Waals surface area (Å²) >= 11 is 0. The van der Waals surface area contributed by atoms with E-state index in [4.69, 9.17) is 0 Å². The Hall–Kier alpha value is -2.57. The number of guanidine groups is 1. The van der Waals surface area contributed by atoms with Gasteiger partial charge in [-0.25, -0.2) is 4.99 Å². The number of benzene rings is 1. The van der Waals surface area contributed by atoms with Gasteiger partial charge in [0.1, 0.15) is 6.54 Å². The second-order valence-electron chi connectivity index (χ2n) is 6.95. The summed E-state index contributed by atoms with van der Waals surface area (Å²) in [5.74, 6) is 0.381. The molecule has 0 bridgehead atoms. The molecule has 0 aliphatic heterocycles. The number of nitrogens with zero attached hydrogens (tertiary/aromatic N) is 1. The first kappa shape index (κ1) is 21.5. The van der Waals surface area contributed by atoms with E-state index in [0.29, 0.717) is 24.6 Å². The highest BCUT2D eigenvalue weighted by Crippen LogP contribution is 2.05. The van der Waals surface area contributed by atoms with Crippen LogP contribution in [0.4, 0.5) is 0 Å². The molecule has 0 aliphatic rings. The average Bonchev–Trinajstić information content (AvgIpc) is 2.57. The molecule has 1 aromatic rings. The Morgan fingerprint density at radius 2 is 1.88 bits per heavy atom. The lowest BCUT2D eigenvalue weighted by atomic mass is 10.1. The molecule has 1 rings (SSSR count). The Kier molecular flexibility index (Phi) is 8.61. The largest absolute Gasteiger partial charge is 0.357 e. The van der Waals surface area contributed by atoms with E-state index in [0.717, 1.165) is 12.0 Å². The third kappa shape index (κ3) is 8.50. The first-order valence-electron chi connectivity index (χ1n) is 8.89. The second kappa shape index (κ2) is 10.4. The van der Waals surface area contributed by atoms with Crippen LogP contribution in [0.3, 0.4) is 0 Å². The molecule has 0 aromatic heterocycles. The van der Waals surface area contributed by atoms with Crippen LogP contribution >= 0.6 is 0 Å². The van der Waals surface area contributed by atoms with Crippen LogP contribution in [-0.4, -0.2) is 50.0 Å². The summed E-state index contributed by atoms with van der Waals surface area (Å²) < 4.78 is 0. The van der Waals surface area contributed by atoms with Crippen molar-refractivity contribution in [3.8, 4) is 0 Å². The molecule has 0 aliphatic carbocycles. The predicted octanol–water partition coefficient (Wildman–Crippen LogP) is 1.06. The van der Waals surface area contributed by atoms with E-state index in [1.807, 2.05) is 45.9 Å². The predicted molar refractivity (Wildman–Crippen MR) is 105 cm³/mol. The highest BCUT2D eigenvalue weighted by atomic mass is 16.2. The third-order valence-electron chi connectivity index (χ3n) is 3.36. The molecule has 0 unspecified atom stereocenters. The molecule has 144 valence electrons. The summed E-state index contributed by atoms with van der Waals surface area (Å²) in [6.07, 6.45) is 0.740. The Morgan fingerprint density at radius 1 is 1.15 bits per heavy atom. The van der Waals surface area contributed by atoms with E-state index < -0.39 is 0 Å². The van der Waals surface area contributed by atoms with Gasteiger partial charge in [-0.05, 0) is 51.8 Å². The fourth-order valence-corrected chi connectivity index (χ4v) is 2.29. The maximum atomic E-state index is 11.9. The lowest BCUT2D eigenvalue weighted by molar-refractivity contribution is -0.121. The molecule has 0 radical (unpaired) electrons. The van der Waals surface area contributed by atoms with Crippen molar-refractivity contribution < 1.29 is 9.59 Å². The van der Waals surface area contributed by atoms with Gasteiger partial charge in [0.25, 0.3) is 5.91 Å². The average molecular weight is 361 g/mol. The Labute approximate surface area is 156 Å². The number of hydrogen-bond acceptors (Lipinski definition) is 3. The van der Waals surface area contributed by atoms with Crippen LogP contribution in [0.15, 0.2) is 29.3 Å². The quantitative estimate of drug-likeness (QED) is 0.431. The molecule has 7 heteroatoms. The molecule has 4 N–H and O–H groups in total. The summed E-state index contributed by atoms with van der Waals surface area (Å²) in [5.41, 5.74) is 1.43. The zero-order chi connectivity index (χ0) is 19.6. The number of aliphatic imine (C=N–C) groups is 1. The summed E-state index contributed by atoms with van der Waals surface area (Å²) in [6, 6.07) is 7.52. The van der Waals surface area contributed by atoms with Crippen molar-refractivity contribution in [2.24, 2.45) is 4.99 Å². The van der Waals surface area contributed by atoms with Gasteiger partial charge in [0, 0.05) is 31.2 Å². The Balaban J connectivity index is 2.57. The highest BCUT2D eigenvalue weighted by molar-refractivity contribution is 5.94. The minimum absolute atomic E-state index is 0.0682. The monoisotopic (exact) mass is 361 g/mol. The van der Waals surface area contributed by atoms with Gasteiger partial charge in [-0.1, -0.05) is 12.1 Å². The standard InChI is InChI=1S/C19H31N5O2/c1-6-21-18(23-13-16(25)24-19(2,3)4)22-11-10-14-8-7-9-15(12-14)17(26)20-5/h7-9,12H,6,10-11,13H2,1-5H3,(H,20,26)(H,24,25)(H2,21,22,23). The lowest BCUT2D eigenvalue weighted by Gasteiger charge is -2.20. The van der Waals surface area contributed by atoms with Crippen molar-refractivity contribution in [3.63, 3.8) is 0 Å². The van der Waals surface area contributed by atoms with Gasteiger partial charge in [0.15, 0.2) is 5.96 Å². The van der Waals surface area contributed by atoms with Gasteiger partial charge in [0.05, 0.1) is 0 Å². The minimum atomic E-state index is -0.270. The van der Waals surface area contributed by atoms with Gasteiger partial charge >= 0.3 is 0 Å². The van der Waals surface area contributed by atoms with E-state index in [9.17, 15) is 9.59 Å². The van der Waals surface area contributed by atoms with Crippen molar-refractivity contribution >= 4 is 17.8 Å². The van der Waals surface area contributed by atoms with Gasteiger partial charge in [0.2, 0.25) is 5.91 Å². The van der Waals surface area contributed by atoms with E-state index in [1.165, 1.54) is 0 Å². The van der Waals surface area contributed by atoms with Crippen LogP contribution < -0.4 is 21.3 Å². The molecule has 0 saturated carbocycles. The van der Waals surface area contributed by atoms with E-state index in [2.05, 4.69) is 26.3 Å². The molecule has 0 heterocycles. The van der Waals surface area contributed by atoms with Crippen molar-refractivity contribution in [2.45, 2.75) is 39.7 Å². The number of carbonyl (C=O) groups is 2. The number of carbonyl (C=O) groups excluding carboxylic acids is 2. The maximum Gasteiger partial charge on any atom is 0.251 e. The summed E-state index contributed by atoms with van der Waals surface area (Å²) in [4.78, 5) is 27.9. The van der Waals surface area contributed by atoms with Crippen LogP contribution in [0.25, 0.3) is 0 Å². The van der Waals surface area contributed by atoms with Crippen molar-refractivity contribution in [1.82, 2.24) is 21.3 Å². The van der Waals surface area contributed by atoms with Gasteiger partial charge in [-0.2, -0.15) is 0 Å². The number of nitrogens with one attached hydrogen (secondary N) is 4. The van der Waals surface area contributed by atoms with Crippen molar-refractivity contribution in [2.75, 3.05) is 26.7 Å². The van der Waals surface area contributed by atoms with E-state index in [-0.39, 0.29) is 23.9 Å². The molecular formula is C19H31N5O2. The zero-order valence-corrected chi connectivity index (χ0v) is 16.4. The van der Waals surface area contributed by atoms with Gasteiger partial charge in [-0.15, -0.1) is 0 Å². The maximum absolute atomic E-state index is 11.9. The van der Waals surface area contributed by atoms with Crippen LogP contribution in [0.2, 0.25) is 0 Å². The smallest absolute Gasteiger partial charge is 0.251 e. The zero-order valence-electron chi connectivity index (χ0n) is 16.4. The number of rotatable bonds is 7. The van der Waals surface area contributed by atoms with E-state index in [1.54, 1.807) is 13.1 Å². The Bertz CT molecular complexity index is 635. The van der Waals surface area contributed by atoms with Crippen molar-refractivity contribution in [3.05, 3.63) is 35.4 Å². The molecule has 0 spiro atoms. The summed E-state index contributed by atoms with van der Waals surface area (Å²) in [5, 5.41) is 11.8. The fourth-order valence-electron chi connectivity index (χ4n) is 2.29. The molecule has 2 amide bonds. The van der Waals surface area contributed by atoms with Gasteiger partial charge in [-0.3, -0.25) is 9.59 Å². The number of hydrogen-bond donors (Lipinski definition) is 4. The summed E-state index contributed by atoms with van der Waals surface area (Å²) in [7, 11) is 1.62. The molecule has 26 heavy (non-hydrogen) atoms. The van der Waals surface area contributed by atoms with Gasteiger partial charge < -0.3 is 21.3 Å². The molecule has 7 nitrogen and oxygen atoms in total. The topological polar surface area (TPSA) is 94.6 Å². The van der Waals surface area contributed by atoms with Crippen LogP contribution in [-0.2, 0) is 11.2 Å². The fraction of sp³-hybridized carbons (Fsp3) is 0.526. The van der Waals surface area contributed by atoms with Crippen molar-refractivity contribution in [1.29, 1.82) is 0 Å². The first-order chi connectivity index (χ1) is 12.2. The lowest BCUT2D eigenvalue weighted by Crippen LogP contribution is -2.43. The highest BCUT2D eigenvalue weighted by Gasteiger charge is 2.13. The van der Waals surface area contributed by atoms with Crippen LogP contribution in [0.1, 0.15) is 43.6 Å². The molecular weight excluding hydrogens is 330 g/mol. The molecule has 0 saturated heterocycles. The normalized spacial score (nSPS) is 11.7. The molecule has 1 aromatic carbocycles. The first-order valence-corrected chi connectivity index (χ1v) is 8.89. The summed E-state index contributed by atoms with van der Waals surface area (Å²) in [6.45, 7) is 9.20. The van der Waals surface area contributed by atoms with Crippen LogP contribution in [0, 0.1) is 0 Å². The molecule has 0 atom stereocenters.